The minimum Gasteiger partial charge on any atom is -0.497 e. The van der Waals surface area contributed by atoms with E-state index in [-0.39, 0.29) is 24.0 Å². The fourth-order valence-electron chi connectivity index (χ4n) is 4.49. The lowest BCUT2D eigenvalue weighted by Crippen LogP contribution is -2.45. The predicted molar refractivity (Wildman–Crippen MR) is 135 cm³/mol. The van der Waals surface area contributed by atoms with Crippen LogP contribution in [0.25, 0.3) is 0 Å². The largest absolute Gasteiger partial charge is 0.497 e. The number of methoxy groups -OCH3 is 1. The molecule has 2 N–H and O–H groups in total. The van der Waals surface area contributed by atoms with E-state index in [4.69, 9.17) is 9.47 Å². The van der Waals surface area contributed by atoms with Gasteiger partial charge in [-0.05, 0) is 55.0 Å². The van der Waals surface area contributed by atoms with Gasteiger partial charge in [0.25, 0.3) is 5.91 Å². The van der Waals surface area contributed by atoms with Crippen molar-refractivity contribution >= 4 is 23.5 Å². The van der Waals surface area contributed by atoms with Gasteiger partial charge in [-0.15, -0.1) is 0 Å². The molecule has 0 radical (unpaired) electrons. The molecule has 0 spiro atoms. The third-order valence-electron chi connectivity index (χ3n) is 6.49. The van der Waals surface area contributed by atoms with Crippen molar-refractivity contribution in [2.24, 2.45) is 0 Å². The minimum absolute atomic E-state index is 0.173. The van der Waals surface area contributed by atoms with Crippen LogP contribution in [0.4, 0.5) is 11.6 Å². The van der Waals surface area contributed by atoms with Crippen LogP contribution >= 0.6 is 0 Å². The van der Waals surface area contributed by atoms with Crippen LogP contribution in [0.2, 0.25) is 0 Å². The average Bonchev–Trinajstić information content (AvgIpc) is 3.25. The third-order valence-corrected chi connectivity index (χ3v) is 6.49. The highest BCUT2D eigenvalue weighted by molar-refractivity contribution is 5.99. The Morgan fingerprint density at radius 2 is 2.00 bits per heavy atom. The summed E-state index contributed by atoms with van der Waals surface area (Å²) in [6, 6.07) is 15.0. The molecule has 5 rings (SSSR count). The summed E-state index contributed by atoms with van der Waals surface area (Å²) in [6.07, 6.45) is 4.71. The second-order valence-corrected chi connectivity index (χ2v) is 8.87. The van der Waals surface area contributed by atoms with Crippen LogP contribution in [0.1, 0.15) is 40.7 Å². The van der Waals surface area contributed by atoms with Crippen LogP contribution in [0.15, 0.2) is 54.7 Å². The smallest absolute Gasteiger partial charge is 0.259 e. The summed E-state index contributed by atoms with van der Waals surface area (Å²) in [5.41, 5.74) is 3.36. The molecule has 2 amide bonds. The SMILES string of the molecule is COc1ccc(COc2nc(N3CCc4ccccc43)ncc2C(=O)NC2CCCCNC2=O)cc1. The lowest BCUT2D eigenvalue weighted by atomic mass is 10.1. The number of rotatable bonds is 7. The van der Waals surface area contributed by atoms with Crippen LogP contribution in [0.3, 0.4) is 0 Å². The Kier molecular flexibility index (Phi) is 6.97. The van der Waals surface area contributed by atoms with Crippen molar-refractivity contribution < 1.29 is 19.1 Å². The molecule has 2 aliphatic rings. The molecule has 0 aliphatic carbocycles. The summed E-state index contributed by atoms with van der Waals surface area (Å²) in [4.78, 5) is 36.8. The maximum atomic E-state index is 13.2. The van der Waals surface area contributed by atoms with Gasteiger partial charge in [-0.1, -0.05) is 30.3 Å². The number of carbonyl (C=O) groups is 2. The first-order chi connectivity index (χ1) is 17.6. The third kappa shape index (κ3) is 5.10. The predicted octanol–water partition coefficient (Wildman–Crippen LogP) is 3.16. The van der Waals surface area contributed by atoms with Crippen LogP contribution in [0, 0.1) is 0 Å². The average molecular weight is 488 g/mol. The van der Waals surface area contributed by atoms with Gasteiger partial charge in [-0.3, -0.25) is 9.59 Å². The molecule has 0 bridgehead atoms. The number of fused-ring (bicyclic) bond motifs is 1. The Morgan fingerprint density at radius 3 is 2.83 bits per heavy atom. The van der Waals surface area contributed by atoms with Crippen LogP contribution in [-0.2, 0) is 17.8 Å². The molecular formula is C27H29N5O4. The molecule has 1 aromatic heterocycles. The van der Waals surface area contributed by atoms with Crippen molar-refractivity contribution in [3.8, 4) is 11.6 Å². The summed E-state index contributed by atoms with van der Waals surface area (Å²) in [7, 11) is 1.61. The number of ether oxygens (including phenoxy) is 2. The van der Waals surface area contributed by atoms with E-state index < -0.39 is 11.9 Å². The molecule has 1 saturated heterocycles. The molecule has 1 unspecified atom stereocenters. The molecule has 1 fully saturated rings. The number of para-hydroxylation sites is 1. The fraction of sp³-hybridized carbons (Fsp3) is 0.333. The van der Waals surface area contributed by atoms with Gasteiger partial charge in [-0.25, -0.2) is 4.98 Å². The Bertz CT molecular complexity index is 1250. The zero-order chi connectivity index (χ0) is 24.9. The zero-order valence-corrected chi connectivity index (χ0v) is 20.2. The van der Waals surface area contributed by atoms with Crippen molar-refractivity contribution in [2.75, 3.05) is 25.1 Å². The molecule has 2 aliphatic heterocycles. The summed E-state index contributed by atoms with van der Waals surface area (Å²) in [6.45, 7) is 1.57. The Hall–Kier alpha value is -4.14. The number of anilines is 2. The van der Waals surface area contributed by atoms with Crippen LogP contribution in [0.5, 0.6) is 11.6 Å². The number of aromatic nitrogens is 2. The molecule has 9 nitrogen and oxygen atoms in total. The first kappa shape index (κ1) is 23.6. The molecule has 186 valence electrons. The molecule has 9 heteroatoms. The van der Waals surface area contributed by atoms with Crippen molar-refractivity contribution in [3.63, 3.8) is 0 Å². The summed E-state index contributed by atoms with van der Waals surface area (Å²) < 4.78 is 11.3. The number of amides is 2. The molecule has 3 heterocycles. The van der Waals surface area contributed by atoms with Gasteiger partial charge in [-0.2, -0.15) is 4.98 Å². The van der Waals surface area contributed by atoms with Crippen LogP contribution in [-0.4, -0.2) is 48.0 Å². The minimum atomic E-state index is -0.598. The Balaban J connectivity index is 1.41. The first-order valence-corrected chi connectivity index (χ1v) is 12.2. The lowest BCUT2D eigenvalue weighted by Gasteiger charge is -2.20. The molecule has 1 atom stereocenters. The van der Waals surface area contributed by atoms with E-state index in [2.05, 4.69) is 26.7 Å². The van der Waals surface area contributed by atoms with Crippen molar-refractivity contribution in [1.82, 2.24) is 20.6 Å². The number of nitrogens with zero attached hydrogens (tertiary/aromatic N) is 3. The summed E-state index contributed by atoms with van der Waals surface area (Å²) >= 11 is 0. The number of hydrogen-bond acceptors (Lipinski definition) is 7. The van der Waals surface area contributed by atoms with E-state index in [9.17, 15) is 9.59 Å². The molecule has 2 aromatic carbocycles. The highest BCUT2D eigenvalue weighted by Gasteiger charge is 2.27. The van der Waals surface area contributed by atoms with Gasteiger partial charge >= 0.3 is 0 Å². The second kappa shape index (κ2) is 10.6. The maximum absolute atomic E-state index is 13.2. The molecule has 3 aromatic rings. The lowest BCUT2D eigenvalue weighted by molar-refractivity contribution is -0.122. The second-order valence-electron chi connectivity index (χ2n) is 8.87. The first-order valence-electron chi connectivity index (χ1n) is 12.2. The quantitative estimate of drug-likeness (QED) is 0.527. The Labute approximate surface area is 209 Å². The monoisotopic (exact) mass is 487 g/mol. The van der Waals surface area contributed by atoms with E-state index >= 15 is 0 Å². The van der Waals surface area contributed by atoms with Gasteiger partial charge in [0.1, 0.15) is 24.0 Å². The van der Waals surface area contributed by atoms with Gasteiger partial charge in [0, 0.05) is 25.0 Å². The highest BCUT2D eigenvalue weighted by Crippen LogP contribution is 2.33. The highest BCUT2D eigenvalue weighted by atomic mass is 16.5. The van der Waals surface area contributed by atoms with E-state index in [1.807, 2.05) is 47.4 Å². The van der Waals surface area contributed by atoms with E-state index in [1.165, 1.54) is 11.8 Å². The maximum Gasteiger partial charge on any atom is 0.259 e. The number of carbonyl (C=O) groups excluding carboxylic acids is 2. The van der Waals surface area contributed by atoms with Crippen LogP contribution < -0.4 is 25.0 Å². The number of hydrogen-bond donors (Lipinski definition) is 2. The summed E-state index contributed by atoms with van der Waals surface area (Å²) in [5.74, 6) is 0.778. The van der Waals surface area contributed by atoms with Crippen molar-refractivity contribution in [1.29, 1.82) is 0 Å². The van der Waals surface area contributed by atoms with Gasteiger partial charge in [0.05, 0.1) is 7.11 Å². The summed E-state index contributed by atoms with van der Waals surface area (Å²) in [5, 5.41) is 5.69. The van der Waals surface area contributed by atoms with Crippen molar-refractivity contribution in [3.05, 3.63) is 71.4 Å². The van der Waals surface area contributed by atoms with Gasteiger partial charge < -0.3 is 25.0 Å². The van der Waals surface area contributed by atoms with Gasteiger partial charge in [0.15, 0.2) is 0 Å². The van der Waals surface area contributed by atoms with E-state index in [0.29, 0.717) is 18.9 Å². The molecule has 0 saturated carbocycles. The topological polar surface area (TPSA) is 106 Å². The normalized spacial score (nSPS) is 17.1. The van der Waals surface area contributed by atoms with E-state index in [1.54, 1.807) is 7.11 Å². The number of nitrogens with one attached hydrogen (secondary N) is 2. The molecule has 36 heavy (non-hydrogen) atoms. The zero-order valence-electron chi connectivity index (χ0n) is 20.2. The van der Waals surface area contributed by atoms with Crippen molar-refractivity contribution in [2.45, 2.75) is 38.3 Å². The molecular weight excluding hydrogens is 458 g/mol. The Morgan fingerprint density at radius 1 is 1.17 bits per heavy atom. The number of benzene rings is 2. The fourth-order valence-corrected chi connectivity index (χ4v) is 4.49. The van der Waals surface area contributed by atoms with Gasteiger partial charge in [0.2, 0.25) is 17.7 Å². The van der Waals surface area contributed by atoms with E-state index in [0.717, 1.165) is 42.8 Å². The standard InChI is InChI=1S/C27H29N5O4/c1-35-20-11-9-18(10-12-20)17-36-26-21(24(33)30-22-7-4-5-14-28-25(22)34)16-29-27(31-26)32-15-13-19-6-2-3-8-23(19)32/h2-3,6,8-12,16,22H,4-5,7,13-15,17H2,1H3,(H,28,34)(H,30,33).